The first-order valence-corrected chi connectivity index (χ1v) is 15.0. The van der Waals surface area contributed by atoms with Gasteiger partial charge in [0.15, 0.2) is 0 Å². The van der Waals surface area contributed by atoms with E-state index < -0.39 is 18.1 Å². The average Bonchev–Trinajstić information content (AvgIpc) is 3.50. The van der Waals surface area contributed by atoms with Crippen molar-refractivity contribution in [2.75, 3.05) is 6.54 Å². The number of fused-ring (bicyclic) bond motifs is 1. The summed E-state index contributed by atoms with van der Waals surface area (Å²) in [4.78, 5) is 18.4. The van der Waals surface area contributed by atoms with Crippen molar-refractivity contribution < 1.29 is 19.7 Å². The second kappa shape index (κ2) is 9.53. The number of allylic oxidation sites excluding steroid dienone is 1. The summed E-state index contributed by atoms with van der Waals surface area (Å²) < 4.78 is 7.31. The Morgan fingerprint density at radius 1 is 1.13 bits per heavy atom. The van der Waals surface area contributed by atoms with Crippen LogP contribution in [0.2, 0.25) is 0 Å². The third-order valence-corrected chi connectivity index (χ3v) is 10.8. The smallest absolute Gasteiger partial charge is 0.321 e. The van der Waals surface area contributed by atoms with Gasteiger partial charge < -0.3 is 14.9 Å². The number of carboxylic acids is 1. The first-order chi connectivity index (χ1) is 18.9. The van der Waals surface area contributed by atoms with Crippen LogP contribution in [0.4, 0.5) is 0 Å². The summed E-state index contributed by atoms with van der Waals surface area (Å²) in [6.07, 6.45) is 17.8. The van der Waals surface area contributed by atoms with Crippen molar-refractivity contribution in [2.24, 2.45) is 5.92 Å². The molecule has 2 aliphatic carbocycles. The maximum Gasteiger partial charge on any atom is 0.321 e. The SMILES string of the molecule is C[C@H]1CCC(c2ccc3ccncc3c2)CC/C=C2/C=C3CCC(N4CC(O)C[C@H]4C(=O)O)C[C@]34CC[C@@]21O4. The van der Waals surface area contributed by atoms with E-state index in [9.17, 15) is 15.0 Å². The van der Waals surface area contributed by atoms with Crippen molar-refractivity contribution in [3.8, 4) is 0 Å². The average molecular weight is 529 g/mol. The molecule has 0 radical (unpaired) electrons. The molecule has 2 spiro atoms. The molecule has 5 aliphatic rings. The van der Waals surface area contributed by atoms with E-state index in [1.807, 2.05) is 12.4 Å². The molecule has 2 aromatic rings. The van der Waals surface area contributed by atoms with Crippen LogP contribution >= 0.6 is 0 Å². The molecular formula is C33H40N2O4. The van der Waals surface area contributed by atoms with E-state index in [2.05, 4.69) is 53.2 Å². The summed E-state index contributed by atoms with van der Waals surface area (Å²) in [7, 11) is 0. The monoisotopic (exact) mass is 528 g/mol. The van der Waals surface area contributed by atoms with E-state index in [-0.39, 0.29) is 17.2 Å². The zero-order valence-electron chi connectivity index (χ0n) is 22.9. The fraction of sp³-hybridized carbons (Fsp3) is 0.576. The second-order valence-electron chi connectivity index (χ2n) is 12.9. The number of pyridine rings is 1. The Kier molecular flexibility index (Phi) is 6.22. The van der Waals surface area contributed by atoms with Crippen LogP contribution in [0.5, 0.6) is 0 Å². The summed E-state index contributed by atoms with van der Waals surface area (Å²) in [6, 6.07) is 8.52. The molecule has 3 unspecified atom stereocenters. The number of aliphatic carboxylic acids is 1. The topological polar surface area (TPSA) is 82.9 Å². The standard InChI is InChI=1S/C33H40N2O4/c1-21-5-6-22(24-8-7-23-11-14-34-19-25(23)15-24)3-2-4-27-16-26-9-10-28(18-32(26)12-13-33(21,27)39-32)35-20-29(36)17-30(35)31(37)38/h4,7-8,11,14-16,19,21-22,28-30,36H,2-3,5-6,9-10,12-13,17-18,20H2,1H3,(H,37,38)/b27-4-/t21-,22?,28?,29?,30-,32+,33-/m0/s1. The van der Waals surface area contributed by atoms with Crippen LogP contribution in [-0.2, 0) is 9.53 Å². The van der Waals surface area contributed by atoms with E-state index in [1.54, 1.807) is 0 Å². The highest BCUT2D eigenvalue weighted by molar-refractivity contribution is 5.82. The summed E-state index contributed by atoms with van der Waals surface area (Å²) >= 11 is 0. The van der Waals surface area contributed by atoms with Crippen molar-refractivity contribution in [1.82, 2.24) is 9.88 Å². The Morgan fingerprint density at radius 3 is 2.90 bits per heavy atom. The second-order valence-corrected chi connectivity index (χ2v) is 12.9. The van der Waals surface area contributed by atoms with E-state index in [4.69, 9.17) is 4.74 Å². The lowest BCUT2D eigenvalue weighted by atomic mass is 9.73. The van der Waals surface area contributed by atoms with Gasteiger partial charge >= 0.3 is 5.97 Å². The molecule has 206 valence electrons. The van der Waals surface area contributed by atoms with Gasteiger partial charge in [0.2, 0.25) is 0 Å². The molecule has 0 amide bonds. The molecule has 1 saturated carbocycles. The molecule has 6 nitrogen and oxygen atoms in total. The zero-order valence-corrected chi connectivity index (χ0v) is 22.9. The summed E-state index contributed by atoms with van der Waals surface area (Å²) in [5, 5.41) is 22.6. The minimum Gasteiger partial charge on any atom is -0.480 e. The molecule has 2 saturated heterocycles. The molecule has 2 bridgehead atoms. The van der Waals surface area contributed by atoms with Crippen LogP contribution in [0.25, 0.3) is 10.8 Å². The van der Waals surface area contributed by atoms with Crippen molar-refractivity contribution >= 4 is 16.7 Å². The number of aliphatic hydroxyl groups excluding tert-OH is 1. The Labute approximate surface area is 230 Å². The number of rotatable bonds is 3. The van der Waals surface area contributed by atoms with E-state index in [1.165, 1.54) is 27.5 Å². The van der Waals surface area contributed by atoms with Crippen molar-refractivity contribution in [2.45, 2.75) is 106 Å². The van der Waals surface area contributed by atoms with Gasteiger partial charge in [-0.3, -0.25) is 14.7 Å². The first kappa shape index (κ1) is 25.4. The summed E-state index contributed by atoms with van der Waals surface area (Å²) in [6.45, 7) is 2.84. The number of nitrogens with zero attached hydrogens (tertiary/aromatic N) is 2. The van der Waals surface area contributed by atoms with Crippen molar-refractivity contribution in [1.29, 1.82) is 0 Å². The zero-order chi connectivity index (χ0) is 26.8. The van der Waals surface area contributed by atoms with Crippen LogP contribution in [0, 0.1) is 5.92 Å². The summed E-state index contributed by atoms with van der Waals surface area (Å²) in [5.41, 5.74) is 3.69. The molecule has 3 aliphatic heterocycles. The van der Waals surface area contributed by atoms with Gasteiger partial charge in [-0.05, 0) is 104 Å². The van der Waals surface area contributed by atoms with Gasteiger partial charge in [0.25, 0.3) is 0 Å². The normalized spacial score (nSPS) is 40.0. The maximum absolute atomic E-state index is 12.0. The molecule has 2 N–H and O–H groups in total. The largest absolute Gasteiger partial charge is 0.480 e. The number of aliphatic hydroxyl groups is 1. The van der Waals surface area contributed by atoms with Gasteiger partial charge in [-0.25, -0.2) is 0 Å². The van der Waals surface area contributed by atoms with Gasteiger partial charge in [-0.2, -0.15) is 0 Å². The van der Waals surface area contributed by atoms with E-state index in [0.717, 1.165) is 57.8 Å². The van der Waals surface area contributed by atoms with E-state index in [0.29, 0.717) is 24.8 Å². The van der Waals surface area contributed by atoms with Crippen LogP contribution in [0.15, 0.2) is 60.0 Å². The highest BCUT2D eigenvalue weighted by Crippen LogP contribution is 2.59. The van der Waals surface area contributed by atoms with Crippen LogP contribution in [0.1, 0.15) is 82.6 Å². The van der Waals surface area contributed by atoms with Gasteiger partial charge in [-0.15, -0.1) is 0 Å². The van der Waals surface area contributed by atoms with Crippen LogP contribution in [-0.4, -0.2) is 62.0 Å². The lowest BCUT2D eigenvalue weighted by Crippen LogP contribution is -2.53. The number of carboxylic acid groups (broad SMARTS) is 1. The number of carbonyl (C=O) groups is 1. The highest BCUT2D eigenvalue weighted by Gasteiger charge is 2.60. The molecular weight excluding hydrogens is 488 g/mol. The van der Waals surface area contributed by atoms with E-state index >= 15 is 0 Å². The molecule has 7 atom stereocenters. The molecule has 1 aromatic heterocycles. The fourth-order valence-corrected chi connectivity index (χ4v) is 8.68. The lowest BCUT2D eigenvalue weighted by Gasteiger charge is -2.50. The van der Waals surface area contributed by atoms with Gasteiger partial charge in [0.1, 0.15) is 6.04 Å². The fourth-order valence-electron chi connectivity index (χ4n) is 8.68. The number of β-amino-alcohol motifs (C(OH)–C–C–N with tert-alkyl or cyclic N) is 1. The van der Waals surface area contributed by atoms with Crippen LogP contribution in [0.3, 0.4) is 0 Å². The molecule has 7 rings (SSSR count). The lowest BCUT2D eigenvalue weighted by molar-refractivity contribution is -0.145. The number of hydrogen-bond acceptors (Lipinski definition) is 5. The minimum atomic E-state index is -0.815. The minimum absolute atomic E-state index is 0.138. The Bertz CT molecular complexity index is 1350. The number of likely N-dealkylation sites (tertiary alicyclic amines) is 1. The molecule has 4 heterocycles. The van der Waals surface area contributed by atoms with Gasteiger partial charge in [0.05, 0.1) is 17.3 Å². The Hall–Kier alpha value is -2.54. The first-order valence-electron chi connectivity index (χ1n) is 15.0. The number of benzene rings is 1. The molecule has 6 heteroatoms. The number of hydrogen-bond donors (Lipinski definition) is 2. The Balaban J connectivity index is 1.14. The van der Waals surface area contributed by atoms with Gasteiger partial charge in [0, 0.05) is 36.8 Å². The Morgan fingerprint density at radius 2 is 2.03 bits per heavy atom. The van der Waals surface area contributed by atoms with Crippen LogP contribution < -0.4 is 0 Å². The highest BCUT2D eigenvalue weighted by atomic mass is 16.5. The number of aromatic nitrogens is 1. The third-order valence-electron chi connectivity index (χ3n) is 10.8. The molecule has 3 fully saturated rings. The van der Waals surface area contributed by atoms with Gasteiger partial charge in [-0.1, -0.05) is 31.2 Å². The van der Waals surface area contributed by atoms with Crippen molar-refractivity contribution in [3.05, 3.63) is 65.5 Å². The molecule has 1 aromatic carbocycles. The predicted molar refractivity (Wildman–Crippen MR) is 150 cm³/mol. The number of ether oxygens (including phenoxy) is 1. The molecule has 39 heavy (non-hydrogen) atoms. The van der Waals surface area contributed by atoms with Crippen molar-refractivity contribution in [3.63, 3.8) is 0 Å². The third kappa shape index (κ3) is 4.18. The maximum atomic E-state index is 12.0. The predicted octanol–water partition coefficient (Wildman–Crippen LogP) is 5.76. The summed E-state index contributed by atoms with van der Waals surface area (Å²) in [5.74, 6) is 0.115. The quantitative estimate of drug-likeness (QED) is 0.528.